The van der Waals surface area contributed by atoms with Gasteiger partial charge in [-0.2, -0.15) is 0 Å². The Kier molecular flexibility index (Phi) is 3.82. The Morgan fingerprint density at radius 3 is 1.56 bits per heavy atom. The summed E-state index contributed by atoms with van der Waals surface area (Å²) in [6.07, 6.45) is -2.48. The van der Waals surface area contributed by atoms with Crippen LogP contribution in [-0.2, 0) is 0 Å². The molecule has 1 atom stereocenters. The van der Waals surface area contributed by atoms with Crippen LogP contribution in [0.5, 0.6) is 0 Å². The predicted octanol–water partition coefficient (Wildman–Crippen LogP) is 1.80. The highest BCUT2D eigenvalue weighted by molar-refractivity contribution is 5.25. The van der Waals surface area contributed by atoms with E-state index >= 15 is 0 Å². The van der Waals surface area contributed by atoms with E-state index in [-0.39, 0.29) is 0 Å². The van der Waals surface area contributed by atoms with Crippen LogP contribution in [0.25, 0.3) is 0 Å². The van der Waals surface area contributed by atoms with E-state index in [0.717, 1.165) is 0 Å². The highest BCUT2D eigenvalue weighted by Gasteiger charge is 2.29. The van der Waals surface area contributed by atoms with Crippen LogP contribution >= 0.6 is 0 Å². The molecule has 0 fully saturated rings. The van der Waals surface area contributed by atoms with Crippen LogP contribution in [0, 0.1) is 29.1 Å². The average Bonchev–Trinajstić information content (AvgIpc) is 2.24. The molecule has 0 aromatic heterocycles. The number of halogens is 5. The van der Waals surface area contributed by atoms with Crippen LogP contribution < -0.4 is 0 Å². The first-order valence-electron chi connectivity index (χ1n) is 4.22. The fraction of sp³-hybridized carbons (Fsp3) is 0.333. The zero-order chi connectivity index (χ0) is 12.5. The molecule has 0 saturated heterocycles. The van der Waals surface area contributed by atoms with Crippen LogP contribution in [0.2, 0.25) is 0 Å². The lowest BCUT2D eigenvalue weighted by atomic mass is 10.0. The van der Waals surface area contributed by atoms with Gasteiger partial charge in [0.25, 0.3) is 0 Å². The highest BCUT2D eigenvalue weighted by Crippen LogP contribution is 2.28. The molecule has 1 aromatic carbocycles. The van der Waals surface area contributed by atoms with Crippen LogP contribution in [0.15, 0.2) is 0 Å². The van der Waals surface area contributed by atoms with E-state index < -0.39 is 53.8 Å². The first-order chi connectivity index (χ1) is 7.41. The van der Waals surface area contributed by atoms with Gasteiger partial charge >= 0.3 is 0 Å². The summed E-state index contributed by atoms with van der Waals surface area (Å²) in [5.74, 6) is -10.7. The summed E-state index contributed by atoms with van der Waals surface area (Å²) < 4.78 is 64.0. The minimum atomic E-state index is -2.28. The van der Waals surface area contributed by atoms with Crippen molar-refractivity contribution in [2.75, 3.05) is 6.61 Å². The van der Waals surface area contributed by atoms with Crippen molar-refractivity contribution >= 4 is 0 Å². The smallest absolute Gasteiger partial charge is 0.200 e. The van der Waals surface area contributed by atoms with E-state index in [4.69, 9.17) is 10.2 Å². The maximum atomic E-state index is 13.0. The Morgan fingerprint density at radius 1 is 0.812 bits per heavy atom. The van der Waals surface area contributed by atoms with E-state index in [1.54, 1.807) is 0 Å². The monoisotopic (exact) mass is 242 g/mol. The van der Waals surface area contributed by atoms with Crippen molar-refractivity contribution in [3.63, 3.8) is 0 Å². The zero-order valence-corrected chi connectivity index (χ0v) is 7.78. The Bertz CT molecular complexity index is 378. The normalized spacial score (nSPS) is 12.9. The molecule has 1 rings (SSSR count). The van der Waals surface area contributed by atoms with Gasteiger partial charge in [-0.25, -0.2) is 22.0 Å². The number of benzene rings is 1. The van der Waals surface area contributed by atoms with Gasteiger partial charge in [0.05, 0.1) is 11.7 Å². The summed E-state index contributed by atoms with van der Waals surface area (Å²) in [5, 5.41) is 17.5. The number of hydrogen-bond acceptors (Lipinski definition) is 2. The maximum Gasteiger partial charge on any atom is 0.200 e. The molecule has 0 bridgehead atoms. The van der Waals surface area contributed by atoms with Crippen molar-refractivity contribution in [2.45, 2.75) is 12.5 Å². The summed E-state index contributed by atoms with van der Waals surface area (Å²) in [6.45, 7) is -0.652. The lowest BCUT2D eigenvalue weighted by Gasteiger charge is -2.13. The summed E-state index contributed by atoms with van der Waals surface area (Å²) in [4.78, 5) is 0. The summed E-state index contributed by atoms with van der Waals surface area (Å²) in [7, 11) is 0. The Morgan fingerprint density at radius 2 is 1.19 bits per heavy atom. The molecular weight excluding hydrogens is 235 g/mol. The third-order valence-electron chi connectivity index (χ3n) is 1.98. The van der Waals surface area contributed by atoms with Crippen LogP contribution in [0.4, 0.5) is 22.0 Å². The van der Waals surface area contributed by atoms with Gasteiger partial charge in [-0.3, -0.25) is 0 Å². The van der Waals surface area contributed by atoms with Crippen LogP contribution in [0.1, 0.15) is 18.1 Å². The molecule has 16 heavy (non-hydrogen) atoms. The third-order valence-corrected chi connectivity index (χ3v) is 1.98. The van der Waals surface area contributed by atoms with Gasteiger partial charge in [0, 0.05) is 13.0 Å². The average molecular weight is 242 g/mol. The molecule has 2 nitrogen and oxygen atoms in total. The third kappa shape index (κ3) is 2.00. The Hall–Kier alpha value is -1.21. The molecule has 0 radical (unpaired) electrons. The fourth-order valence-electron chi connectivity index (χ4n) is 1.18. The second-order valence-electron chi connectivity index (χ2n) is 3.01. The Balaban J connectivity index is 3.39. The van der Waals surface area contributed by atoms with Crippen molar-refractivity contribution < 1.29 is 32.2 Å². The van der Waals surface area contributed by atoms with Gasteiger partial charge in [0.1, 0.15) is 0 Å². The molecule has 90 valence electrons. The molecule has 2 N–H and O–H groups in total. The van der Waals surface area contributed by atoms with Crippen molar-refractivity contribution in [1.82, 2.24) is 0 Å². The lowest BCUT2D eigenvalue weighted by Crippen LogP contribution is -2.12. The topological polar surface area (TPSA) is 40.5 Å². The molecule has 0 heterocycles. The quantitative estimate of drug-likeness (QED) is 0.482. The lowest BCUT2D eigenvalue weighted by molar-refractivity contribution is 0.124. The molecule has 0 aliphatic carbocycles. The molecular formula is C9H7F5O2. The zero-order valence-electron chi connectivity index (χ0n) is 7.78. The van der Waals surface area contributed by atoms with Gasteiger partial charge in [-0.05, 0) is 0 Å². The molecule has 0 saturated carbocycles. The van der Waals surface area contributed by atoms with Crippen molar-refractivity contribution in [1.29, 1.82) is 0 Å². The van der Waals surface area contributed by atoms with Gasteiger partial charge in [-0.15, -0.1) is 0 Å². The summed E-state index contributed by atoms with van der Waals surface area (Å²) in [6, 6.07) is 0. The maximum absolute atomic E-state index is 13.0. The summed E-state index contributed by atoms with van der Waals surface area (Å²) >= 11 is 0. The number of aliphatic hydroxyl groups is 2. The van der Waals surface area contributed by atoms with Gasteiger partial charge < -0.3 is 10.2 Å². The van der Waals surface area contributed by atoms with Gasteiger partial charge in [0.2, 0.25) is 5.82 Å². The first-order valence-corrected chi connectivity index (χ1v) is 4.22. The second kappa shape index (κ2) is 4.75. The summed E-state index contributed by atoms with van der Waals surface area (Å²) in [5.41, 5.74) is -1.33. The number of aliphatic hydroxyl groups excluding tert-OH is 2. The van der Waals surface area contributed by atoms with Crippen LogP contribution in [0.3, 0.4) is 0 Å². The molecule has 0 spiro atoms. The SMILES string of the molecule is OCC[C@@H](O)c1c(F)c(F)c(F)c(F)c1F. The van der Waals surface area contributed by atoms with E-state index in [9.17, 15) is 22.0 Å². The van der Waals surface area contributed by atoms with Gasteiger partial charge in [-0.1, -0.05) is 0 Å². The van der Waals surface area contributed by atoms with E-state index in [2.05, 4.69) is 0 Å². The molecule has 0 aliphatic heterocycles. The molecule has 0 amide bonds. The molecule has 7 heteroatoms. The molecule has 0 unspecified atom stereocenters. The van der Waals surface area contributed by atoms with Gasteiger partial charge in [0.15, 0.2) is 23.3 Å². The van der Waals surface area contributed by atoms with Crippen molar-refractivity contribution in [3.8, 4) is 0 Å². The highest BCUT2D eigenvalue weighted by atomic mass is 19.2. The number of hydrogen-bond donors (Lipinski definition) is 2. The van der Waals surface area contributed by atoms with Crippen molar-refractivity contribution in [2.24, 2.45) is 0 Å². The standard InChI is InChI=1S/C9H7F5O2/c10-5-4(3(16)1-2-15)6(11)8(13)9(14)7(5)12/h3,15-16H,1-2H2/t3-/m1/s1. The largest absolute Gasteiger partial charge is 0.396 e. The molecule has 0 aliphatic rings. The minimum absolute atomic E-state index is 0.529. The number of rotatable bonds is 3. The van der Waals surface area contributed by atoms with E-state index in [1.807, 2.05) is 0 Å². The second-order valence-corrected chi connectivity index (χ2v) is 3.01. The molecule has 1 aromatic rings. The van der Waals surface area contributed by atoms with Crippen molar-refractivity contribution in [3.05, 3.63) is 34.6 Å². The predicted molar refractivity (Wildman–Crippen MR) is 42.9 cm³/mol. The minimum Gasteiger partial charge on any atom is -0.396 e. The fourth-order valence-corrected chi connectivity index (χ4v) is 1.18. The van der Waals surface area contributed by atoms with E-state index in [1.165, 1.54) is 0 Å². The van der Waals surface area contributed by atoms with Crippen LogP contribution in [-0.4, -0.2) is 16.8 Å². The first kappa shape index (κ1) is 12.9. The van der Waals surface area contributed by atoms with E-state index in [0.29, 0.717) is 0 Å². The Labute approximate surface area is 86.9 Å².